The summed E-state index contributed by atoms with van der Waals surface area (Å²) in [5.74, 6) is -0.856. The second-order valence-corrected chi connectivity index (χ2v) is 6.65. The fourth-order valence-electron chi connectivity index (χ4n) is 2.11. The summed E-state index contributed by atoms with van der Waals surface area (Å²) >= 11 is 0.822. The van der Waals surface area contributed by atoms with Crippen LogP contribution < -0.4 is 11.1 Å². The molecule has 1 amide bonds. The average molecular weight is 424 g/mol. The first kappa shape index (κ1) is 9.41. The Labute approximate surface area is 195 Å². The Hall–Kier alpha value is -2.70. The molecule has 0 aliphatic carbocycles. The molecule has 3 aromatic rings. The molecule has 1 atom stereocenters. The molecule has 152 valence electrons. The number of carbonyl (C=O) groups is 1. The van der Waals surface area contributed by atoms with Crippen molar-refractivity contribution in [2.75, 3.05) is 11.1 Å². The zero-order chi connectivity index (χ0) is 33.0. The van der Waals surface area contributed by atoms with Gasteiger partial charge < -0.3 is 16.2 Å². The highest BCUT2D eigenvalue weighted by Crippen LogP contribution is 2.21. The van der Waals surface area contributed by atoms with E-state index in [1.807, 2.05) is 0 Å². The monoisotopic (exact) mass is 423 g/mol. The number of thiazole rings is 1. The molecule has 0 saturated heterocycles. The van der Waals surface area contributed by atoms with Crippen molar-refractivity contribution < 1.29 is 29.1 Å². The summed E-state index contributed by atoms with van der Waals surface area (Å²) in [6.07, 6.45) is -11.6. The summed E-state index contributed by atoms with van der Waals surface area (Å²) in [4.78, 5) is 16.4. The summed E-state index contributed by atoms with van der Waals surface area (Å²) in [5, 5.41) is 13.0. The number of carbonyl (C=O) groups excluding carboxylic acids is 1. The second kappa shape index (κ2) is 10.2. The number of benzene rings is 2. The van der Waals surface area contributed by atoms with Gasteiger partial charge in [-0.25, -0.2) is 4.98 Å². The highest BCUT2D eigenvalue weighted by atomic mass is 32.1. The van der Waals surface area contributed by atoms with Gasteiger partial charge in [-0.1, -0.05) is 48.2 Å². The van der Waals surface area contributed by atoms with Crippen LogP contribution in [0.25, 0.3) is 0 Å². The Kier molecular flexibility index (Phi) is 3.30. The maximum absolute atomic E-state index is 12.5. The van der Waals surface area contributed by atoms with E-state index in [4.69, 9.17) is 24.9 Å². The van der Waals surface area contributed by atoms with Crippen molar-refractivity contribution in [1.82, 2.24) is 4.98 Å². The number of nitrogens with one attached hydrogen (secondary N) is 1. The summed E-state index contributed by atoms with van der Waals surface area (Å²) in [5.41, 5.74) is 3.18. The van der Waals surface area contributed by atoms with Gasteiger partial charge in [-0.15, -0.1) is 11.3 Å². The van der Waals surface area contributed by atoms with E-state index in [9.17, 15) is 9.90 Å². The number of rotatable bonds is 9. The van der Waals surface area contributed by atoms with Gasteiger partial charge in [0.15, 0.2) is 5.13 Å². The molecule has 0 unspecified atom stereocenters. The third-order valence-corrected chi connectivity index (χ3v) is 4.11. The summed E-state index contributed by atoms with van der Waals surface area (Å²) < 4.78 is 115. The lowest BCUT2D eigenvalue weighted by Crippen LogP contribution is -2.14. The van der Waals surface area contributed by atoms with Crippen LogP contribution in [0.2, 0.25) is 0 Å². The van der Waals surface area contributed by atoms with E-state index < -0.39 is 109 Å². The van der Waals surface area contributed by atoms with E-state index >= 15 is 0 Å². The molecular formula is C23H27N3O2S. The van der Waals surface area contributed by atoms with Crippen molar-refractivity contribution in [3.05, 3.63) is 76.1 Å². The lowest BCUT2D eigenvalue weighted by Gasteiger charge is -2.11. The van der Waals surface area contributed by atoms with Gasteiger partial charge in [0.1, 0.15) is 0 Å². The van der Waals surface area contributed by atoms with Gasteiger partial charge in [0, 0.05) is 16.5 Å². The summed E-state index contributed by atoms with van der Waals surface area (Å²) in [6, 6.07) is -6.20. The van der Waals surface area contributed by atoms with E-state index in [0.717, 1.165) is 11.3 Å². The van der Waals surface area contributed by atoms with Crippen LogP contribution in [0.1, 0.15) is 66.9 Å². The third kappa shape index (κ3) is 6.69. The molecule has 0 spiro atoms. The molecule has 0 aliphatic heterocycles. The molecule has 0 bridgehead atoms. The smallest absolute Gasteiger partial charge is 0.230 e. The van der Waals surface area contributed by atoms with E-state index in [-0.39, 0.29) is 21.7 Å². The number of hydrogen-bond acceptors (Lipinski definition) is 5. The molecule has 1 heterocycles. The van der Waals surface area contributed by atoms with Crippen LogP contribution in [0, 0.1) is 6.92 Å². The first-order valence-corrected chi connectivity index (χ1v) is 9.30. The summed E-state index contributed by atoms with van der Waals surface area (Å²) in [7, 11) is 0. The van der Waals surface area contributed by atoms with Gasteiger partial charge >= 0.3 is 0 Å². The number of aliphatic hydroxyl groups is 1. The zero-order valence-electron chi connectivity index (χ0n) is 29.4. The zero-order valence-corrected chi connectivity index (χ0v) is 16.2. The lowest BCUT2D eigenvalue weighted by atomic mass is 10.0. The molecule has 0 radical (unpaired) electrons. The van der Waals surface area contributed by atoms with Gasteiger partial charge in [-0.2, -0.15) is 0 Å². The standard InChI is InChI=1S/C23H27N3O2S/c1-16-6-10-18(11-7-16)21(27)5-3-2-4-17-8-12-19(13-9-17)25-22(28)14-20-15-29-23(24)26-20/h6-13,15,21,27H,2-5,14H2,1H3,(H2,24,26)(H,25,28)/t21-/m0/s1/i2D2,4D2,6D,7D,8D,9D,10D,11D,12D,13D,15D,21D. The predicted octanol–water partition coefficient (Wildman–Crippen LogP) is 4.66. The molecule has 2 aromatic carbocycles. The van der Waals surface area contributed by atoms with Crippen LogP contribution in [0.3, 0.4) is 0 Å². The Balaban J connectivity index is 1.95. The number of hydrogen-bond donors (Lipinski definition) is 3. The second-order valence-electron chi connectivity index (χ2n) is 5.82. The number of nitrogens with zero attached hydrogens (tertiary/aromatic N) is 1. The van der Waals surface area contributed by atoms with Crippen molar-refractivity contribution in [3.63, 3.8) is 0 Å². The van der Waals surface area contributed by atoms with Crippen LogP contribution in [0.5, 0.6) is 0 Å². The van der Waals surface area contributed by atoms with E-state index in [1.165, 1.54) is 6.92 Å². The topological polar surface area (TPSA) is 88.2 Å². The van der Waals surface area contributed by atoms with Crippen molar-refractivity contribution in [1.29, 1.82) is 0 Å². The molecule has 0 fully saturated rings. The molecule has 0 saturated carbocycles. The molecule has 0 aliphatic rings. The number of nitrogens with two attached hydrogens (primary N) is 1. The van der Waals surface area contributed by atoms with Gasteiger partial charge in [0.05, 0.1) is 31.9 Å². The highest BCUT2D eigenvalue weighted by molar-refractivity contribution is 7.13. The lowest BCUT2D eigenvalue weighted by molar-refractivity contribution is -0.115. The van der Waals surface area contributed by atoms with Crippen LogP contribution in [0.15, 0.2) is 53.7 Å². The van der Waals surface area contributed by atoms with E-state index in [1.54, 1.807) is 0 Å². The highest BCUT2D eigenvalue weighted by Gasteiger charge is 2.08. The van der Waals surface area contributed by atoms with Crippen molar-refractivity contribution >= 4 is 28.1 Å². The normalized spacial score (nSPS) is 20.9. The minimum atomic E-state index is -3.26. The Morgan fingerprint density at radius 3 is 2.69 bits per heavy atom. The Bertz CT molecular complexity index is 1550. The predicted molar refractivity (Wildman–Crippen MR) is 119 cm³/mol. The third-order valence-electron chi connectivity index (χ3n) is 3.47. The molecule has 1 aromatic heterocycles. The first-order chi connectivity index (χ1) is 19.6. The van der Waals surface area contributed by atoms with Crippen molar-refractivity contribution in [2.45, 2.75) is 45.0 Å². The minimum Gasteiger partial charge on any atom is -0.388 e. The van der Waals surface area contributed by atoms with Gasteiger partial charge in [0.2, 0.25) is 5.91 Å². The van der Waals surface area contributed by atoms with Crippen molar-refractivity contribution in [3.8, 4) is 0 Å². The number of nitrogen functional groups attached to an aromatic ring is 1. The van der Waals surface area contributed by atoms with Gasteiger partial charge in [-0.3, -0.25) is 4.79 Å². The van der Waals surface area contributed by atoms with Crippen LogP contribution in [0.4, 0.5) is 10.8 Å². The van der Waals surface area contributed by atoms with E-state index in [2.05, 4.69) is 10.3 Å². The summed E-state index contributed by atoms with van der Waals surface area (Å²) in [6.45, 7) is 1.32. The molecule has 4 N–H and O–H groups in total. The SMILES string of the molecule is [2H]c1sc(N)nc1CC(=O)Nc1c([2H])c([2H])c(C([2H])([2H])C([2H])([2H])CC[C@]([2H])(O)c2c([2H])c([2H])c(C)c([2H])c2[2H])c([2H])c1[2H]. The van der Waals surface area contributed by atoms with Crippen LogP contribution in [-0.4, -0.2) is 16.0 Å². The van der Waals surface area contributed by atoms with Gasteiger partial charge in [-0.05, 0) is 49.3 Å². The first-order valence-electron chi connectivity index (χ1n) is 15.5. The molecular weight excluding hydrogens is 382 g/mol. The Morgan fingerprint density at radius 1 is 1.31 bits per heavy atom. The molecule has 29 heavy (non-hydrogen) atoms. The maximum atomic E-state index is 12.5. The fraction of sp³-hybridized carbons (Fsp3) is 0.304. The Morgan fingerprint density at radius 2 is 2.03 bits per heavy atom. The largest absolute Gasteiger partial charge is 0.388 e. The van der Waals surface area contributed by atoms with Gasteiger partial charge in [0.25, 0.3) is 0 Å². The van der Waals surface area contributed by atoms with Crippen molar-refractivity contribution in [2.24, 2.45) is 0 Å². The number of aromatic nitrogens is 1. The number of amides is 1. The van der Waals surface area contributed by atoms with E-state index in [0.29, 0.717) is 0 Å². The fourth-order valence-corrected chi connectivity index (χ4v) is 2.61. The number of anilines is 2. The molecule has 3 rings (SSSR count). The molecule has 5 nitrogen and oxygen atoms in total. The van der Waals surface area contributed by atoms with Crippen LogP contribution in [-0.2, 0) is 17.6 Å². The molecule has 6 heteroatoms. The van der Waals surface area contributed by atoms with Crippen LogP contribution >= 0.6 is 11.3 Å². The maximum Gasteiger partial charge on any atom is 0.230 e. The minimum absolute atomic E-state index is 0.0179. The quantitative estimate of drug-likeness (QED) is 0.467. The average Bonchev–Trinajstić information content (AvgIpc) is 3.22.